The van der Waals surface area contributed by atoms with Crippen LogP contribution in [0.1, 0.15) is 27.2 Å². The molecule has 0 unspecified atom stereocenters. The van der Waals surface area contributed by atoms with E-state index in [9.17, 15) is 4.79 Å². The SMILES string of the molecule is CC(C)(C)OC(=O)CCOCCOCCOCCOCCOCCOCCOCCOCCOc1ccc(N)cc1. The minimum absolute atomic E-state index is 0.233. The van der Waals surface area contributed by atoms with Crippen LogP contribution in [0.3, 0.4) is 0 Å². The maximum Gasteiger partial charge on any atom is 0.308 e. The van der Waals surface area contributed by atoms with Gasteiger partial charge in [0, 0.05) is 5.69 Å². The molecule has 0 amide bonds. The van der Waals surface area contributed by atoms with E-state index in [0.29, 0.717) is 118 Å². The first-order valence-electron chi connectivity index (χ1n) is 14.2. The van der Waals surface area contributed by atoms with Gasteiger partial charge in [-0.1, -0.05) is 0 Å². The molecule has 0 saturated heterocycles. The van der Waals surface area contributed by atoms with Crippen molar-refractivity contribution in [1.29, 1.82) is 0 Å². The van der Waals surface area contributed by atoms with Gasteiger partial charge in [0.25, 0.3) is 0 Å². The summed E-state index contributed by atoms with van der Waals surface area (Å²) < 4.78 is 54.3. The lowest BCUT2D eigenvalue weighted by molar-refractivity contribution is -0.156. The van der Waals surface area contributed by atoms with Gasteiger partial charge in [-0.15, -0.1) is 0 Å². The van der Waals surface area contributed by atoms with Crippen molar-refractivity contribution in [1.82, 2.24) is 0 Å². The molecule has 0 aliphatic carbocycles. The highest BCUT2D eigenvalue weighted by Gasteiger charge is 2.15. The number of benzene rings is 1. The van der Waals surface area contributed by atoms with E-state index in [1.165, 1.54) is 0 Å². The smallest absolute Gasteiger partial charge is 0.308 e. The lowest BCUT2D eigenvalue weighted by atomic mass is 10.2. The van der Waals surface area contributed by atoms with Crippen molar-refractivity contribution in [2.75, 3.05) is 118 Å². The summed E-state index contributed by atoms with van der Waals surface area (Å²) in [5.41, 5.74) is 5.87. The molecule has 0 fully saturated rings. The first kappa shape index (κ1) is 37.0. The predicted molar refractivity (Wildman–Crippen MR) is 153 cm³/mol. The van der Waals surface area contributed by atoms with Crippen molar-refractivity contribution in [3.05, 3.63) is 24.3 Å². The molecule has 0 saturated carbocycles. The molecule has 0 aromatic heterocycles. The fraction of sp³-hybridized carbons (Fsp3) is 0.759. The zero-order valence-corrected chi connectivity index (χ0v) is 25.1. The summed E-state index contributed by atoms with van der Waals surface area (Å²) in [6.07, 6.45) is 0.233. The van der Waals surface area contributed by atoms with Crippen LogP contribution in [0.5, 0.6) is 5.75 Å². The van der Waals surface area contributed by atoms with E-state index in [2.05, 4.69) is 0 Å². The van der Waals surface area contributed by atoms with Gasteiger partial charge in [0.15, 0.2) is 0 Å². The summed E-state index contributed by atoms with van der Waals surface area (Å²) in [6, 6.07) is 7.25. The molecule has 0 aliphatic heterocycles. The molecule has 1 rings (SSSR count). The summed E-state index contributed by atoms with van der Waals surface area (Å²) in [5.74, 6) is 0.505. The first-order chi connectivity index (χ1) is 19.9. The largest absolute Gasteiger partial charge is 0.491 e. The van der Waals surface area contributed by atoms with Crippen molar-refractivity contribution < 1.29 is 52.2 Å². The van der Waals surface area contributed by atoms with Crippen LogP contribution in [0.15, 0.2) is 24.3 Å². The average Bonchev–Trinajstić information content (AvgIpc) is 2.92. The van der Waals surface area contributed by atoms with Gasteiger partial charge in [-0.2, -0.15) is 0 Å². The lowest BCUT2D eigenvalue weighted by Crippen LogP contribution is -2.24. The molecule has 2 N–H and O–H groups in total. The van der Waals surface area contributed by atoms with E-state index in [-0.39, 0.29) is 12.4 Å². The summed E-state index contributed by atoms with van der Waals surface area (Å²) in [4.78, 5) is 11.5. The van der Waals surface area contributed by atoms with Crippen LogP contribution in [0.4, 0.5) is 5.69 Å². The Hall–Kier alpha value is -2.03. The van der Waals surface area contributed by atoms with Crippen LogP contribution in [-0.4, -0.2) is 124 Å². The summed E-state index contributed by atoms with van der Waals surface area (Å²) in [6.45, 7) is 13.6. The molecule has 12 nitrogen and oxygen atoms in total. The van der Waals surface area contributed by atoms with Gasteiger partial charge in [-0.05, 0) is 45.0 Å². The summed E-state index contributed by atoms with van der Waals surface area (Å²) in [5, 5.41) is 0. The number of esters is 1. The quantitative estimate of drug-likeness (QED) is 0.0874. The van der Waals surface area contributed by atoms with Crippen molar-refractivity contribution in [3.63, 3.8) is 0 Å². The van der Waals surface area contributed by atoms with Gasteiger partial charge in [-0.25, -0.2) is 0 Å². The average molecular weight is 590 g/mol. The monoisotopic (exact) mass is 589 g/mol. The maximum atomic E-state index is 11.5. The number of nitrogen functional groups attached to an aromatic ring is 1. The van der Waals surface area contributed by atoms with E-state index < -0.39 is 5.60 Å². The Kier molecular flexibility index (Phi) is 23.2. The molecule has 1 aromatic rings. The highest BCUT2D eigenvalue weighted by molar-refractivity contribution is 5.69. The van der Waals surface area contributed by atoms with Crippen LogP contribution < -0.4 is 10.5 Å². The number of rotatable bonds is 28. The van der Waals surface area contributed by atoms with Gasteiger partial charge in [-0.3, -0.25) is 4.79 Å². The first-order valence-corrected chi connectivity index (χ1v) is 14.2. The van der Waals surface area contributed by atoms with E-state index >= 15 is 0 Å². The number of nitrogens with two attached hydrogens (primary N) is 1. The second-order valence-electron chi connectivity index (χ2n) is 9.65. The number of carbonyl (C=O) groups excluding carboxylic acids is 1. The summed E-state index contributed by atoms with van der Waals surface area (Å²) >= 11 is 0. The van der Waals surface area contributed by atoms with Crippen LogP contribution in [0, 0.1) is 0 Å². The zero-order chi connectivity index (χ0) is 29.9. The van der Waals surface area contributed by atoms with Crippen LogP contribution in [0.2, 0.25) is 0 Å². The third kappa shape index (κ3) is 26.6. The van der Waals surface area contributed by atoms with E-state index in [4.69, 9.17) is 53.1 Å². The number of ether oxygens (including phenoxy) is 10. The fourth-order valence-corrected chi connectivity index (χ4v) is 2.97. The van der Waals surface area contributed by atoms with E-state index in [1.54, 1.807) is 12.1 Å². The van der Waals surface area contributed by atoms with Crippen molar-refractivity contribution >= 4 is 11.7 Å². The number of hydrogen-bond donors (Lipinski definition) is 1. The summed E-state index contributed by atoms with van der Waals surface area (Å²) in [7, 11) is 0. The fourth-order valence-electron chi connectivity index (χ4n) is 2.97. The Labute approximate surface area is 244 Å². The highest BCUT2D eigenvalue weighted by Crippen LogP contribution is 2.12. The Morgan fingerprint density at radius 2 is 0.854 bits per heavy atom. The van der Waals surface area contributed by atoms with E-state index in [0.717, 1.165) is 5.75 Å². The molecule has 0 radical (unpaired) electrons. The van der Waals surface area contributed by atoms with Crippen LogP contribution in [-0.2, 0) is 47.4 Å². The predicted octanol–water partition coefficient (Wildman–Crippen LogP) is 2.51. The molecule has 41 heavy (non-hydrogen) atoms. The van der Waals surface area contributed by atoms with Gasteiger partial charge < -0.3 is 53.1 Å². The van der Waals surface area contributed by atoms with Crippen molar-refractivity contribution in [2.45, 2.75) is 32.8 Å². The third-order valence-corrected chi connectivity index (χ3v) is 4.85. The number of anilines is 1. The molecule has 0 aliphatic rings. The van der Waals surface area contributed by atoms with Gasteiger partial charge >= 0.3 is 5.97 Å². The standard InChI is InChI=1S/C29H51NO11/c1-29(2,3)41-28(31)8-9-32-10-11-33-12-13-34-14-15-35-16-17-36-18-19-37-20-21-38-22-23-39-24-25-40-27-6-4-26(30)5-7-27/h4-7H,8-25,30H2,1-3H3. The van der Waals surface area contributed by atoms with Gasteiger partial charge in [0.1, 0.15) is 18.0 Å². The van der Waals surface area contributed by atoms with E-state index in [1.807, 2.05) is 32.9 Å². The minimum Gasteiger partial charge on any atom is -0.491 e. The Balaban J connectivity index is 1.67. The molecule has 1 aromatic carbocycles. The van der Waals surface area contributed by atoms with Crippen molar-refractivity contribution in [3.8, 4) is 5.75 Å². The molecule has 12 heteroatoms. The van der Waals surface area contributed by atoms with Crippen LogP contribution >= 0.6 is 0 Å². The third-order valence-electron chi connectivity index (χ3n) is 4.85. The Morgan fingerprint density at radius 3 is 1.20 bits per heavy atom. The molecule has 0 atom stereocenters. The molecule has 0 bridgehead atoms. The Bertz CT molecular complexity index is 728. The number of hydrogen-bond acceptors (Lipinski definition) is 12. The topological polar surface area (TPSA) is 135 Å². The normalized spacial score (nSPS) is 11.6. The van der Waals surface area contributed by atoms with Gasteiger partial charge in [0.2, 0.25) is 0 Å². The maximum absolute atomic E-state index is 11.5. The molecule has 0 heterocycles. The molecular weight excluding hydrogens is 538 g/mol. The molecule has 0 spiro atoms. The highest BCUT2D eigenvalue weighted by atomic mass is 16.6. The van der Waals surface area contributed by atoms with Crippen molar-refractivity contribution in [2.24, 2.45) is 0 Å². The molecular formula is C29H51NO11. The number of carbonyl (C=O) groups is 1. The minimum atomic E-state index is -0.471. The Morgan fingerprint density at radius 1 is 0.537 bits per heavy atom. The second kappa shape index (κ2) is 25.7. The second-order valence-corrected chi connectivity index (χ2v) is 9.65. The van der Waals surface area contributed by atoms with Crippen LogP contribution in [0.25, 0.3) is 0 Å². The van der Waals surface area contributed by atoms with Gasteiger partial charge in [0.05, 0.1) is 112 Å². The molecule has 238 valence electrons. The zero-order valence-electron chi connectivity index (χ0n) is 25.1. The lowest BCUT2D eigenvalue weighted by Gasteiger charge is -2.19.